The van der Waals surface area contributed by atoms with Crippen molar-refractivity contribution in [3.05, 3.63) is 215 Å². The lowest BCUT2D eigenvalue weighted by molar-refractivity contribution is 0.0981. The molecule has 7 rings (SSSR count). The monoisotopic (exact) mass is 822 g/mol. The molecule has 62 heavy (non-hydrogen) atoms. The molecule has 0 bridgehead atoms. The van der Waals surface area contributed by atoms with Crippen LogP contribution in [0.15, 0.2) is 182 Å². The normalized spacial score (nSPS) is 10.5. The van der Waals surface area contributed by atoms with Crippen LogP contribution in [0.25, 0.3) is 0 Å². The highest BCUT2D eigenvalue weighted by atomic mass is 16.2. The fourth-order valence-corrected chi connectivity index (χ4v) is 6.24. The molecule has 8 N–H and O–H groups in total. The van der Waals surface area contributed by atoms with Crippen molar-refractivity contribution in [3.63, 3.8) is 0 Å². The minimum atomic E-state index is -0.806. The van der Waals surface area contributed by atoms with E-state index in [-0.39, 0.29) is 45.8 Å². The number of hydrogen-bond donors (Lipinski definition) is 6. The van der Waals surface area contributed by atoms with Crippen molar-refractivity contribution in [3.8, 4) is 0 Å². The lowest BCUT2D eigenvalue weighted by Crippen LogP contribution is -2.39. The Morgan fingerprint density at radius 2 is 0.597 bits per heavy atom. The molecule has 0 saturated carbocycles. The molecule has 7 aromatic rings. The second-order valence-electron chi connectivity index (χ2n) is 13.7. The second-order valence-corrected chi connectivity index (χ2v) is 13.7. The number of benzene rings is 7. The summed E-state index contributed by atoms with van der Waals surface area (Å²) in [5, 5.41) is 12.8. The summed E-state index contributed by atoms with van der Waals surface area (Å²) in [7, 11) is 0. The zero-order valence-electron chi connectivity index (χ0n) is 32.8. The van der Waals surface area contributed by atoms with Gasteiger partial charge in [0.1, 0.15) is 0 Å². The van der Waals surface area contributed by atoms with E-state index in [0.717, 1.165) is 10.0 Å². The van der Waals surface area contributed by atoms with E-state index in [1.54, 1.807) is 152 Å². The van der Waals surface area contributed by atoms with Gasteiger partial charge in [-0.25, -0.2) is 21.7 Å². The molecule has 0 fully saturated rings. The van der Waals surface area contributed by atoms with Crippen molar-refractivity contribution in [1.29, 1.82) is 0 Å². The Hall–Kier alpha value is -8.72. The summed E-state index contributed by atoms with van der Waals surface area (Å²) in [6.07, 6.45) is 0. The van der Waals surface area contributed by atoms with Gasteiger partial charge in [0.15, 0.2) is 0 Å². The zero-order valence-corrected chi connectivity index (χ0v) is 32.8. The average Bonchev–Trinajstić information content (AvgIpc) is 3.31. The van der Waals surface area contributed by atoms with Crippen molar-refractivity contribution in [1.82, 2.24) is 0 Å². The maximum atomic E-state index is 14.1. The fraction of sp³-hybridized carbons (Fsp3) is 0. The van der Waals surface area contributed by atoms with Crippen LogP contribution in [0.5, 0.6) is 0 Å². The number of hydrazine groups is 2. The number of rotatable bonds is 12. The first kappa shape index (κ1) is 41.4. The van der Waals surface area contributed by atoms with Gasteiger partial charge in [-0.2, -0.15) is 0 Å². The molecule has 0 aliphatic carbocycles. The molecule has 0 radical (unpaired) electrons. The van der Waals surface area contributed by atoms with E-state index in [9.17, 15) is 28.8 Å². The van der Waals surface area contributed by atoms with E-state index in [2.05, 4.69) is 21.3 Å². The summed E-state index contributed by atoms with van der Waals surface area (Å²) in [4.78, 5) is 80.7. The maximum absolute atomic E-state index is 14.1. The molecule has 0 aromatic heterocycles. The molecule has 14 heteroatoms. The summed E-state index contributed by atoms with van der Waals surface area (Å²) in [5.41, 5.74) is 2.67. The fourth-order valence-electron chi connectivity index (χ4n) is 6.24. The summed E-state index contributed by atoms with van der Waals surface area (Å²) in [6, 6.07) is 48.5. The van der Waals surface area contributed by atoms with Gasteiger partial charge in [0.2, 0.25) is 0 Å². The first-order chi connectivity index (χ1) is 30.0. The Bertz CT molecular complexity index is 2670. The second kappa shape index (κ2) is 18.9. The van der Waals surface area contributed by atoms with Crippen molar-refractivity contribution in [2.24, 2.45) is 11.7 Å². The molecule has 0 aliphatic rings. The predicted molar refractivity (Wildman–Crippen MR) is 239 cm³/mol. The van der Waals surface area contributed by atoms with E-state index in [0.29, 0.717) is 39.4 Å². The topological polar surface area (TPSA) is 209 Å². The van der Waals surface area contributed by atoms with Gasteiger partial charge >= 0.3 is 0 Å². The van der Waals surface area contributed by atoms with Crippen molar-refractivity contribution in [2.75, 3.05) is 31.3 Å². The van der Waals surface area contributed by atoms with E-state index in [1.807, 2.05) is 0 Å². The van der Waals surface area contributed by atoms with E-state index in [1.165, 1.54) is 30.3 Å². The number of nitrogens with one attached hydrogen (secondary N) is 4. The largest absolute Gasteiger partial charge is 0.322 e. The van der Waals surface area contributed by atoms with Crippen molar-refractivity contribution >= 4 is 69.6 Å². The molecule has 0 unspecified atom stereocenters. The molecule has 7 aromatic carbocycles. The van der Waals surface area contributed by atoms with Gasteiger partial charge in [0.25, 0.3) is 35.4 Å². The zero-order chi connectivity index (χ0) is 43.6. The number of carbonyl (C=O) groups is 6. The molecule has 306 valence electrons. The van der Waals surface area contributed by atoms with Gasteiger partial charge < -0.3 is 21.3 Å². The van der Waals surface area contributed by atoms with Gasteiger partial charge in [-0.3, -0.25) is 28.8 Å². The molecular weight excluding hydrogens is 785 g/mol. The maximum Gasteiger partial charge on any atom is 0.272 e. The third kappa shape index (κ3) is 10.1. The lowest BCUT2D eigenvalue weighted by Gasteiger charge is -2.21. The third-order valence-electron chi connectivity index (χ3n) is 9.38. The van der Waals surface area contributed by atoms with Crippen LogP contribution in [-0.2, 0) is 0 Å². The number of nitrogens with two attached hydrogens (primary N) is 2. The minimum absolute atomic E-state index is 0.104. The van der Waals surface area contributed by atoms with Crippen LogP contribution < -0.4 is 43.0 Å². The molecule has 0 atom stereocenters. The van der Waals surface area contributed by atoms with Crippen LogP contribution in [0.4, 0.5) is 34.1 Å². The molecule has 0 spiro atoms. The highest BCUT2D eigenvalue weighted by Gasteiger charge is 2.24. The SMILES string of the molecule is NN(C(=O)c1cc(C(=O)Nc2cccc(NC(=O)c3ccccc3)c2)cc(C(=O)N(N)c2cccc(NC(=O)c3ccccc3)c2)c1)c1cccc(NC(=O)c2ccccc2)c1. The Labute approximate surface area is 355 Å². The molecule has 0 saturated heterocycles. The Kier molecular flexibility index (Phi) is 12.6. The molecule has 14 nitrogen and oxygen atoms in total. The number of carbonyl (C=O) groups excluding carboxylic acids is 6. The van der Waals surface area contributed by atoms with Crippen molar-refractivity contribution in [2.45, 2.75) is 0 Å². The van der Waals surface area contributed by atoms with Gasteiger partial charge in [-0.15, -0.1) is 0 Å². The average molecular weight is 823 g/mol. The highest BCUT2D eigenvalue weighted by Crippen LogP contribution is 2.25. The van der Waals surface area contributed by atoms with Gasteiger partial charge in [0, 0.05) is 56.1 Å². The highest BCUT2D eigenvalue weighted by molar-refractivity contribution is 6.14. The number of amides is 6. The molecule has 0 heterocycles. The lowest BCUT2D eigenvalue weighted by atomic mass is 10.0. The van der Waals surface area contributed by atoms with E-state index in [4.69, 9.17) is 11.7 Å². The van der Waals surface area contributed by atoms with Crippen LogP contribution in [0.3, 0.4) is 0 Å². The Morgan fingerprint density at radius 1 is 0.306 bits per heavy atom. The smallest absolute Gasteiger partial charge is 0.272 e. The Morgan fingerprint density at radius 3 is 0.952 bits per heavy atom. The van der Waals surface area contributed by atoms with Gasteiger partial charge in [-0.1, -0.05) is 72.8 Å². The minimum Gasteiger partial charge on any atom is -0.322 e. The first-order valence-corrected chi connectivity index (χ1v) is 19.1. The summed E-state index contributed by atoms with van der Waals surface area (Å²) in [5.74, 6) is 9.35. The van der Waals surface area contributed by atoms with Crippen LogP contribution in [0.1, 0.15) is 62.1 Å². The number of hydrogen-bond acceptors (Lipinski definition) is 8. The standard InChI is InChI=1S/C48H38N8O6/c49-55(41-23-11-21-39(29-41)53-44(58)32-15-6-2-7-16-32)47(61)35-25-34(46(60)52-38-20-10-19-37(28-38)51-43(57)31-13-4-1-5-14-31)26-36(27-35)48(62)56(50)42-24-12-22-40(30-42)54-45(59)33-17-8-3-9-18-33/h1-30H,49-50H2,(H,51,57)(H,52,60)(H,53,58)(H,54,59). The van der Waals surface area contributed by atoms with Crippen LogP contribution in [0, 0.1) is 0 Å². The van der Waals surface area contributed by atoms with E-state index < -0.39 is 17.7 Å². The predicted octanol–water partition coefficient (Wildman–Crippen LogP) is 7.74. The summed E-state index contributed by atoms with van der Waals surface area (Å²) in [6.45, 7) is 0. The molecule has 6 amide bonds. The Balaban J connectivity index is 1.17. The van der Waals surface area contributed by atoms with Crippen LogP contribution >= 0.6 is 0 Å². The molecule has 0 aliphatic heterocycles. The number of anilines is 6. The van der Waals surface area contributed by atoms with E-state index >= 15 is 0 Å². The third-order valence-corrected chi connectivity index (χ3v) is 9.38. The van der Waals surface area contributed by atoms with Crippen molar-refractivity contribution < 1.29 is 28.8 Å². The summed E-state index contributed by atoms with van der Waals surface area (Å²) >= 11 is 0. The summed E-state index contributed by atoms with van der Waals surface area (Å²) < 4.78 is 0. The van der Waals surface area contributed by atoms with Crippen LogP contribution in [0.2, 0.25) is 0 Å². The quantitative estimate of drug-likeness (QED) is 0.0407. The van der Waals surface area contributed by atoms with Crippen LogP contribution in [-0.4, -0.2) is 35.4 Å². The van der Waals surface area contributed by atoms with Gasteiger partial charge in [0.05, 0.1) is 11.4 Å². The van der Waals surface area contributed by atoms with Gasteiger partial charge in [-0.05, 0) is 109 Å². The number of nitrogens with zero attached hydrogens (tertiary/aromatic N) is 2. The first-order valence-electron chi connectivity index (χ1n) is 19.1. The molecular formula is C48H38N8O6.